The van der Waals surface area contributed by atoms with Gasteiger partial charge in [0, 0.05) is 38.1 Å². The van der Waals surface area contributed by atoms with E-state index in [2.05, 4.69) is 32.9 Å². The molecular formula is C23H32N4O4. The summed E-state index contributed by atoms with van der Waals surface area (Å²) in [5, 5.41) is 20.4. The Bertz CT molecular complexity index is 869. The topological polar surface area (TPSA) is 117 Å². The fraction of sp³-hybridized carbons (Fsp3) is 0.565. The summed E-state index contributed by atoms with van der Waals surface area (Å²) in [7, 11) is 0. The second kappa shape index (κ2) is 10.5. The van der Waals surface area contributed by atoms with Crippen LogP contribution in [0.15, 0.2) is 34.9 Å². The molecule has 1 fully saturated rings. The number of nitrogens with one attached hydrogen (secondary N) is 2. The highest BCUT2D eigenvalue weighted by atomic mass is 16.5. The molecule has 1 aromatic heterocycles. The first-order chi connectivity index (χ1) is 14.9. The Balaban J connectivity index is 1.66. The molecular weight excluding hydrogens is 396 g/mol. The van der Waals surface area contributed by atoms with Crippen molar-refractivity contribution in [3.05, 3.63) is 47.6 Å². The van der Waals surface area contributed by atoms with E-state index in [0.29, 0.717) is 43.9 Å². The molecule has 2 aromatic rings. The van der Waals surface area contributed by atoms with Crippen molar-refractivity contribution in [3.8, 4) is 0 Å². The first kappa shape index (κ1) is 22.9. The third-order valence-electron chi connectivity index (χ3n) is 6.11. The Labute approximate surface area is 182 Å². The van der Waals surface area contributed by atoms with Crippen LogP contribution in [0.3, 0.4) is 0 Å². The van der Waals surface area contributed by atoms with E-state index in [1.807, 2.05) is 25.1 Å². The van der Waals surface area contributed by atoms with Gasteiger partial charge in [-0.05, 0) is 31.2 Å². The van der Waals surface area contributed by atoms with Crippen LogP contribution in [0.4, 0.5) is 0 Å². The molecule has 0 aliphatic heterocycles. The SMILES string of the molecule is CCc1noc(CCC(=O)NC[C@]2(c3ccccc3)CC[C@H](NC(C)=O)[C@@H](O)CC2)n1. The lowest BCUT2D eigenvalue weighted by molar-refractivity contribution is -0.121. The number of rotatable bonds is 8. The molecule has 1 aliphatic rings. The molecule has 2 amide bonds. The Morgan fingerprint density at radius 3 is 2.65 bits per heavy atom. The Hall–Kier alpha value is -2.74. The molecule has 1 heterocycles. The predicted octanol–water partition coefficient (Wildman–Crippen LogP) is 2.06. The number of benzene rings is 1. The number of amides is 2. The monoisotopic (exact) mass is 428 g/mol. The number of aliphatic hydroxyl groups is 1. The van der Waals surface area contributed by atoms with Gasteiger partial charge >= 0.3 is 0 Å². The van der Waals surface area contributed by atoms with E-state index in [4.69, 9.17) is 4.52 Å². The number of hydrogen-bond acceptors (Lipinski definition) is 6. The quantitative estimate of drug-likeness (QED) is 0.554. The molecule has 0 bridgehead atoms. The number of hydrogen-bond donors (Lipinski definition) is 3. The van der Waals surface area contributed by atoms with Crippen molar-refractivity contribution in [3.63, 3.8) is 0 Å². The molecule has 168 valence electrons. The van der Waals surface area contributed by atoms with Gasteiger partial charge in [0.05, 0.1) is 12.1 Å². The van der Waals surface area contributed by atoms with Crippen LogP contribution in [0.1, 0.15) is 63.2 Å². The molecule has 0 spiro atoms. The van der Waals surface area contributed by atoms with Gasteiger partial charge in [0.25, 0.3) is 0 Å². The number of aromatic nitrogens is 2. The molecule has 8 heteroatoms. The van der Waals surface area contributed by atoms with Crippen molar-refractivity contribution in [2.75, 3.05) is 6.54 Å². The van der Waals surface area contributed by atoms with Gasteiger partial charge < -0.3 is 20.3 Å². The maximum absolute atomic E-state index is 12.6. The van der Waals surface area contributed by atoms with Crippen LogP contribution in [-0.2, 0) is 27.8 Å². The molecule has 31 heavy (non-hydrogen) atoms. The lowest BCUT2D eigenvalue weighted by Gasteiger charge is -2.34. The molecule has 3 N–H and O–H groups in total. The van der Waals surface area contributed by atoms with Crippen LogP contribution < -0.4 is 10.6 Å². The summed E-state index contributed by atoms with van der Waals surface area (Å²) in [6.45, 7) is 3.89. The number of carbonyl (C=O) groups excluding carboxylic acids is 2. The predicted molar refractivity (Wildman–Crippen MR) is 115 cm³/mol. The van der Waals surface area contributed by atoms with Gasteiger partial charge in [0.2, 0.25) is 17.7 Å². The molecule has 3 atom stereocenters. The summed E-state index contributed by atoms with van der Waals surface area (Å²) in [5.74, 6) is 0.899. The summed E-state index contributed by atoms with van der Waals surface area (Å²) in [6.07, 6.45) is 3.44. The standard InChI is InChI=1S/C23H32N4O4/c1-3-20-26-22(31-27-20)10-9-21(30)24-15-23(17-7-5-4-6-8-17)13-11-18(25-16(2)28)19(29)12-14-23/h4-8,18-19,29H,3,9-15H2,1-2H3,(H,24,30)(H,25,28)/t18-,19-,23-/m0/s1. The van der Waals surface area contributed by atoms with E-state index in [-0.39, 0.29) is 29.7 Å². The molecule has 1 aromatic carbocycles. The molecule has 3 rings (SSSR count). The highest BCUT2D eigenvalue weighted by Gasteiger charge is 2.38. The lowest BCUT2D eigenvalue weighted by atomic mass is 9.74. The minimum Gasteiger partial charge on any atom is -0.391 e. The van der Waals surface area contributed by atoms with Gasteiger partial charge in [-0.3, -0.25) is 9.59 Å². The van der Waals surface area contributed by atoms with E-state index in [9.17, 15) is 14.7 Å². The van der Waals surface area contributed by atoms with Crippen LogP contribution in [0, 0.1) is 0 Å². The van der Waals surface area contributed by atoms with Crippen molar-refractivity contribution in [1.82, 2.24) is 20.8 Å². The zero-order valence-corrected chi connectivity index (χ0v) is 18.3. The van der Waals surface area contributed by atoms with Crippen LogP contribution in [0.2, 0.25) is 0 Å². The lowest BCUT2D eigenvalue weighted by Crippen LogP contribution is -2.42. The van der Waals surface area contributed by atoms with Crippen molar-refractivity contribution in [1.29, 1.82) is 0 Å². The highest BCUT2D eigenvalue weighted by molar-refractivity contribution is 5.76. The first-order valence-corrected chi connectivity index (χ1v) is 11.0. The second-order valence-corrected chi connectivity index (χ2v) is 8.33. The minimum absolute atomic E-state index is 0.0743. The van der Waals surface area contributed by atoms with Crippen molar-refractivity contribution >= 4 is 11.8 Å². The van der Waals surface area contributed by atoms with E-state index < -0.39 is 6.10 Å². The van der Waals surface area contributed by atoms with Crippen molar-refractivity contribution in [2.24, 2.45) is 0 Å². The van der Waals surface area contributed by atoms with Gasteiger partial charge in [-0.15, -0.1) is 0 Å². The molecule has 1 saturated carbocycles. The molecule has 0 saturated heterocycles. The Morgan fingerprint density at radius 2 is 1.97 bits per heavy atom. The summed E-state index contributed by atoms with van der Waals surface area (Å²) < 4.78 is 5.16. The van der Waals surface area contributed by atoms with Crippen molar-refractivity contribution in [2.45, 2.75) is 76.4 Å². The zero-order valence-electron chi connectivity index (χ0n) is 18.3. The van der Waals surface area contributed by atoms with E-state index in [0.717, 1.165) is 18.4 Å². The minimum atomic E-state index is -0.601. The van der Waals surface area contributed by atoms with Gasteiger partial charge in [0.1, 0.15) is 0 Å². The van der Waals surface area contributed by atoms with Crippen molar-refractivity contribution < 1.29 is 19.2 Å². The number of aliphatic hydroxyl groups excluding tert-OH is 1. The fourth-order valence-electron chi connectivity index (χ4n) is 4.28. The molecule has 0 radical (unpaired) electrons. The average Bonchev–Trinajstić information content (AvgIpc) is 3.18. The van der Waals surface area contributed by atoms with Crippen LogP contribution >= 0.6 is 0 Å². The number of nitrogens with zero attached hydrogens (tertiary/aromatic N) is 2. The Kier molecular flexibility index (Phi) is 7.79. The number of carbonyl (C=O) groups is 2. The van der Waals surface area contributed by atoms with Crippen LogP contribution in [0.25, 0.3) is 0 Å². The van der Waals surface area contributed by atoms with Crippen LogP contribution in [-0.4, -0.2) is 45.8 Å². The third-order valence-corrected chi connectivity index (χ3v) is 6.11. The van der Waals surface area contributed by atoms with Gasteiger partial charge in [-0.1, -0.05) is 42.4 Å². The fourth-order valence-corrected chi connectivity index (χ4v) is 4.28. The maximum atomic E-state index is 12.6. The molecule has 8 nitrogen and oxygen atoms in total. The maximum Gasteiger partial charge on any atom is 0.227 e. The third kappa shape index (κ3) is 6.13. The average molecular weight is 429 g/mol. The summed E-state index contributed by atoms with van der Waals surface area (Å²) >= 11 is 0. The largest absolute Gasteiger partial charge is 0.391 e. The first-order valence-electron chi connectivity index (χ1n) is 11.0. The normalized spacial score (nSPS) is 23.7. The highest BCUT2D eigenvalue weighted by Crippen LogP contribution is 2.38. The van der Waals surface area contributed by atoms with Gasteiger partial charge in [-0.25, -0.2) is 0 Å². The number of aryl methyl sites for hydroxylation is 2. The second-order valence-electron chi connectivity index (χ2n) is 8.33. The van der Waals surface area contributed by atoms with Gasteiger partial charge in [0.15, 0.2) is 5.82 Å². The van der Waals surface area contributed by atoms with Crippen LogP contribution in [0.5, 0.6) is 0 Å². The zero-order chi connectivity index (χ0) is 22.3. The summed E-state index contributed by atoms with van der Waals surface area (Å²) in [6, 6.07) is 9.82. The molecule has 1 aliphatic carbocycles. The molecule has 0 unspecified atom stereocenters. The van der Waals surface area contributed by atoms with E-state index in [1.54, 1.807) is 0 Å². The van der Waals surface area contributed by atoms with E-state index >= 15 is 0 Å². The van der Waals surface area contributed by atoms with Gasteiger partial charge in [-0.2, -0.15) is 4.98 Å². The summed E-state index contributed by atoms with van der Waals surface area (Å²) in [4.78, 5) is 28.3. The summed E-state index contributed by atoms with van der Waals surface area (Å²) in [5.41, 5.74) is 0.834. The smallest absolute Gasteiger partial charge is 0.227 e. The van der Waals surface area contributed by atoms with E-state index in [1.165, 1.54) is 6.92 Å². The Morgan fingerprint density at radius 1 is 1.23 bits per heavy atom.